The molecule has 0 bridgehead atoms. The Balaban J connectivity index is 2.40. The maximum atomic E-state index is 6.22. The summed E-state index contributed by atoms with van der Waals surface area (Å²) in [5.41, 5.74) is 6.22. The summed E-state index contributed by atoms with van der Waals surface area (Å²) in [5.74, 6) is 1.22. The fourth-order valence-corrected chi connectivity index (χ4v) is 2.32. The molecule has 2 N–H and O–H groups in total. The smallest absolute Gasteiger partial charge is 0.0590 e. The summed E-state index contributed by atoms with van der Waals surface area (Å²) in [4.78, 5) is 0. The molecule has 0 aliphatic carbocycles. The normalized spacial score (nSPS) is 33.2. The van der Waals surface area contributed by atoms with Crippen LogP contribution < -0.4 is 5.73 Å². The van der Waals surface area contributed by atoms with Crippen LogP contribution in [0.25, 0.3) is 0 Å². The molecule has 0 aromatic carbocycles. The molecule has 0 aromatic heterocycles. The van der Waals surface area contributed by atoms with Crippen molar-refractivity contribution in [3.8, 4) is 0 Å². The summed E-state index contributed by atoms with van der Waals surface area (Å²) in [6.45, 7) is 7.53. The molecule has 1 rings (SSSR count). The molecule has 0 amide bonds. The lowest BCUT2D eigenvalue weighted by molar-refractivity contribution is 0.0931. The van der Waals surface area contributed by atoms with Gasteiger partial charge in [0.25, 0.3) is 0 Å². The molecule has 0 saturated carbocycles. The molecular formula is C11H23NO. The summed E-state index contributed by atoms with van der Waals surface area (Å²) in [7, 11) is 0. The molecule has 1 heterocycles. The van der Waals surface area contributed by atoms with E-state index in [2.05, 4.69) is 20.8 Å². The summed E-state index contributed by atoms with van der Waals surface area (Å²) in [5, 5.41) is 0. The topological polar surface area (TPSA) is 35.2 Å². The van der Waals surface area contributed by atoms with Crippen molar-refractivity contribution in [1.82, 2.24) is 0 Å². The predicted molar refractivity (Wildman–Crippen MR) is 55.6 cm³/mol. The van der Waals surface area contributed by atoms with Crippen molar-refractivity contribution in [2.75, 3.05) is 6.61 Å². The molecule has 0 spiro atoms. The molecule has 4 unspecified atom stereocenters. The molecule has 4 atom stereocenters. The first-order valence-electron chi connectivity index (χ1n) is 5.54. The zero-order valence-corrected chi connectivity index (χ0v) is 9.12. The van der Waals surface area contributed by atoms with Gasteiger partial charge in [-0.3, -0.25) is 0 Å². The van der Waals surface area contributed by atoms with Crippen LogP contribution >= 0.6 is 0 Å². The van der Waals surface area contributed by atoms with Gasteiger partial charge in [0.2, 0.25) is 0 Å². The number of rotatable bonds is 4. The van der Waals surface area contributed by atoms with Gasteiger partial charge in [-0.2, -0.15) is 0 Å². The van der Waals surface area contributed by atoms with E-state index in [9.17, 15) is 0 Å². The van der Waals surface area contributed by atoms with Gasteiger partial charge in [0.15, 0.2) is 0 Å². The number of hydrogen-bond acceptors (Lipinski definition) is 2. The largest absolute Gasteiger partial charge is 0.378 e. The molecule has 78 valence electrons. The summed E-state index contributed by atoms with van der Waals surface area (Å²) in [6, 6.07) is 0.331. The molecular weight excluding hydrogens is 162 g/mol. The van der Waals surface area contributed by atoms with Crippen molar-refractivity contribution in [2.24, 2.45) is 17.6 Å². The average Bonchev–Trinajstić information content (AvgIpc) is 2.50. The number of hydrogen-bond donors (Lipinski definition) is 1. The highest BCUT2D eigenvalue weighted by Crippen LogP contribution is 2.27. The van der Waals surface area contributed by atoms with E-state index in [1.807, 2.05) is 0 Å². The van der Waals surface area contributed by atoms with Gasteiger partial charge in [-0.25, -0.2) is 0 Å². The van der Waals surface area contributed by atoms with Crippen molar-refractivity contribution in [3.63, 3.8) is 0 Å². The standard InChI is InChI=1S/C11H23NO/c1-4-5-8(2)11(12)10-6-7-13-9(10)3/h8-11H,4-7,12H2,1-3H3. The first kappa shape index (κ1) is 11.0. The molecule has 13 heavy (non-hydrogen) atoms. The van der Waals surface area contributed by atoms with Crippen LogP contribution in [0.5, 0.6) is 0 Å². The van der Waals surface area contributed by atoms with Gasteiger partial charge in [-0.1, -0.05) is 20.3 Å². The van der Waals surface area contributed by atoms with Crippen LogP contribution in [0.2, 0.25) is 0 Å². The van der Waals surface area contributed by atoms with Crippen molar-refractivity contribution < 1.29 is 4.74 Å². The van der Waals surface area contributed by atoms with Gasteiger partial charge in [0.1, 0.15) is 0 Å². The maximum Gasteiger partial charge on any atom is 0.0590 e. The van der Waals surface area contributed by atoms with Gasteiger partial charge in [-0.05, 0) is 25.7 Å². The highest BCUT2D eigenvalue weighted by Gasteiger charge is 2.31. The summed E-state index contributed by atoms with van der Waals surface area (Å²) in [6.07, 6.45) is 3.99. The second kappa shape index (κ2) is 4.97. The van der Waals surface area contributed by atoms with E-state index in [-0.39, 0.29) is 0 Å². The number of nitrogens with two attached hydrogens (primary N) is 1. The van der Waals surface area contributed by atoms with Crippen molar-refractivity contribution >= 4 is 0 Å². The highest BCUT2D eigenvalue weighted by molar-refractivity contribution is 4.84. The van der Waals surface area contributed by atoms with Crippen LogP contribution in [0.4, 0.5) is 0 Å². The predicted octanol–water partition coefficient (Wildman–Crippen LogP) is 2.17. The van der Waals surface area contributed by atoms with Gasteiger partial charge in [0.05, 0.1) is 6.10 Å². The van der Waals surface area contributed by atoms with Gasteiger partial charge in [0, 0.05) is 18.6 Å². The fraction of sp³-hybridized carbons (Fsp3) is 1.00. The minimum atomic E-state index is 0.331. The lowest BCUT2D eigenvalue weighted by atomic mass is 9.84. The molecule has 2 nitrogen and oxygen atoms in total. The van der Waals surface area contributed by atoms with E-state index in [0.29, 0.717) is 24.0 Å². The Bertz CT molecular complexity index is 149. The second-order valence-corrected chi connectivity index (χ2v) is 4.37. The molecule has 2 heteroatoms. The Kier molecular flexibility index (Phi) is 4.20. The molecule has 1 aliphatic heterocycles. The van der Waals surface area contributed by atoms with E-state index >= 15 is 0 Å². The van der Waals surface area contributed by atoms with Gasteiger partial charge in [-0.15, -0.1) is 0 Å². The fourth-order valence-electron chi connectivity index (χ4n) is 2.32. The van der Waals surface area contributed by atoms with Gasteiger partial charge < -0.3 is 10.5 Å². The summed E-state index contributed by atoms with van der Waals surface area (Å²) >= 11 is 0. The third-order valence-electron chi connectivity index (χ3n) is 3.33. The lowest BCUT2D eigenvalue weighted by Gasteiger charge is -2.27. The molecule has 1 saturated heterocycles. The highest BCUT2D eigenvalue weighted by atomic mass is 16.5. The minimum absolute atomic E-state index is 0.331. The van der Waals surface area contributed by atoms with Crippen molar-refractivity contribution in [3.05, 3.63) is 0 Å². The van der Waals surface area contributed by atoms with E-state index in [1.165, 1.54) is 12.8 Å². The Morgan fingerprint density at radius 3 is 2.69 bits per heavy atom. The monoisotopic (exact) mass is 185 g/mol. The molecule has 0 radical (unpaired) electrons. The first-order chi connectivity index (χ1) is 6.16. The zero-order valence-electron chi connectivity index (χ0n) is 9.12. The third kappa shape index (κ3) is 2.68. The van der Waals surface area contributed by atoms with Crippen LogP contribution in [0.3, 0.4) is 0 Å². The van der Waals surface area contributed by atoms with Crippen LogP contribution in [0.1, 0.15) is 40.0 Å². The van der Waals surface area contributed by atoms with E-state index in [0.717, 1.165) is 13.0 Å². The number of ether oxygens (including phenoxy) is 1. The van der Waals surface area contributed by atoms with Crippen LogP contribution in [0.15, 0.2) is 0 Å². The Labute approximate surface area is 81.8 Å². The Hall–Kier alpha value is -0.0800. The van der Waals surface area contributed by atoms with Crippen LogP contribution in [-0.4, -0.2) is 18.8 Å². The maximum absolute atomic E-state index is 6.22. The van der Waals surface area contributed by atoms with Crippen molar-refractivity contribution in [2.45, 2.75) is 52.2 Å². The lowest BCUT2D eigenvalue weighted by Crippen LogP contribution is -2.39. The Morgan fingerprint density at radius 1 is 1.54 bits per heavy atom. The Morgan fingerprint density at radius 2 is 2.23 bits per heavy atom. The van der Waals surface area contributed by atoms with E-state index in [1.54, 1.807) is 0 Å². The zero-order chi connectivity index (χ0) is 9.84. The minimum Gasteiger partial charge on any atom is -0.378 e. The van der Waals surface area contributed by atoms with Gasteiger partial charge >= 0.3 is 0 Å². The van der Waals surface area contributed by atoms with E-state index in [4.69, 9.17) is 10.5 Å². The SMILES string of the molecule is CCCC(C)C(N)C1CCOC1C. The van der Waals surface area contributed by atoms with Crippen LogP contribution in [0, 0.1) is 11.8 Å². The van der Waals surface area contributed by atoms with Crippen molar-refractivity contribution in [1.29, 1.82) is 0 Å². The molecule has 1 fully saturated rings. The molecule has 1 aliphatic rings. The van der Waals surface area contributed by atoms with Crippen LogP contribution in [-0.2, 0) is 4.74 Å². The summed E-state index contributed by atoms with van der Waals surface area (Å²) < 4.78 is 5.53. The average molecular weight is 185 g/mol. The first-order valence-corrected chi connectivity index (χ1v) is 5.54. The second-order valence-electron chi connectivity index (χ2n) is 4.37. The quantitative estimate of drug-likeness (QED) is 0.728. The van der Waals surface area contributed by atoms with E-state index < -0.39 is 0 Å². The molecule has 0 aromatic rings. The third-order valence-corrected chi connectivity index (χ3v) is 3.33.